The number of likely N-dealkylation sites (N-methyl/N-ethyl adjacent to an activating group) is 1. The Kier molecular flexibility index (Phi) is 19.6. The van der Waals surface area contributed by atoms with Gasteiger partial charge in [0.1, 0.15) is 0 Å². The lowest BCUT2D eigenvalue weighted by Crippen LogP contribution is -2.51. The molecule has 0 fully saturated rings. The van der Waals surface area contributed by atoms with E-state index in [9.17, 15) is 28.8 Å². The minimum Gasteiger partial charge on any atom is -0.343 e. The summed E-state index contributed by atoms with van der Waals surface area (Å²) in [5.74, 6) is -2.65. The van der Waals surface area contributed by atoms with Gasteiger partial charge in [-0.2, -0.15) is 0 Å². The van der Waals surface area contributed by atoms with Crippen LogP contribution in [-0.4, -0.2) is 136 Å². The number of nitrogens with one attached hydrogen (secondary N) is 6. The zero-order chi connectivity index (χ0) is 29.6. The largest absolute Gasteiger partial charge is 0.343 e. The highest BCUT2D eigenvalue weighted by Crippen LogP contribution is 1.92. The zero-order valence-electron chi connectivity index (χ0n) is 22.3. The molecule has 224 valence electrons. The normalized spacial score (nSPS) is 10.8. The number of amides is 6. The zero-order valence-corrected chi connectivity index (χ0v) is 22.3. The fourth-order valence-electron chi connectivity index (χ4n) is 3.02. The van der Waals surface area contributed by atoms with Crippen LogP contribution in [0.5, 0.6) is 0 Å². The van der Waals surface area contributed by atoms with Gasteiger partial charge in [-0.25, -0.2) is 0 Å². The van der Waals surface area contributed by atoms with E-state index in [1.165, 1.54) is 9.80 Å². The molecule has 0 aromatic carbocycles. The second kappa shape index (κ2) is 21.5. The molecule has 0 aliphatic rings. The Morgan fingerprint density at radius 1 is 0.436 bits per heavy atom. The van der Waals surface area contributed by atoms with Gasteiger partial charge in [0, 0.05) is 0 Å². The molecule has 0 aliphatic carbocycles. The third kappa shape index (κ3) is 18.4. The molecule has 0 saturated carbocycles. The van der Waals surface area contributed by atoms with E-state index in [4.69, 9.17) is 22.9 Å². The van der Waals surface area contributed by atoms with Gasteiger partial charge in [-0.3, -0.25) is 43.5 Å². The van der Waals surface area contributed by atoms with E-state index in [2.05, 4.69) is 31.9 Å². The number of carbonyl (C=O) groups is 6. The lowest BCUT2D eigenvalue weighted by Gasteiger charge is -2.24. The summed E-state index contributed by atoms with van der Waals surface area (Å²) in [6.07, 6.45) is 0. The number of carbonyl (C=O) groups excluding carboxylic acids is 6. The second-order valence-corrected chi connectivity index (χ2v) is 8.01. The van der Waals surface area contributed by atoms with E-state index in [0.717, 1.165) is 0 Å². The van der Waals surface area contributed by atoms with Crippen molar-refractivity contribution < 1.29 is 28.8 Å². The van der Waals surface area contributed by atoms with Gasteiger partial charge in [0.15, 0.2) is 0 Å². The Balaban J connectivity index is 4.87. The average Bonchev–Trinajstić information content (AvgIpc) is 2.86. The Morgan fingerprint density at radius 3 is 0.897 bits per heavy atom. The van der Waals surface area contributed by atoms with Crippen LogP contribution in [0.4, 0.5) is 0 Å². The van der Waals surface area contributed by atoms with Crippen LogP contribution in [0.3, 0.4) is 0 Å². The van der Waals surface area contributed by atoms with Crippen molar-refractivity contribution in [2.45, 2.75) is 6.92 Å². The first-order valence-electron chi connectivity index (χ1n) is 12.2. The van der Waals surface area contributed by atoms with Gasteiger partial charge >= 0.3 is 0 Å². The third-order valence-electron chi connectivity index (χ3n) is 4.85. The number of hydrogen-bond acceptors (Lipinski definition) is 13. The van der Waals surface area contributed by atoms with Crippen molar-refractivity contribution in [3.8, 4) is 0 Å². The Bertz CT molecular complexity index is 698. The lowest BCUT2D eigenvalue weighted by atomic mass is 10.4. The maximum atomic E-state index is 12.5. The average molecular weight is 562 g/mol. The predicted molar refractivity (Wildman–Crippen MR) is 140 cm³/mol. The predicted octanol–water partition coefficient (Wildman–Crippen LogP) is -7.81. The lowest BCUT2D eigenvalue weighted by molar-refractivity contribution is -0.130. The molecule has 0 aliphatic heterocycles. The van der Waals surface area contributed by atoms with Crippen molar-refractivity contribution in [1.82, 2.24) is 46.6 Å². The van der Waals surface area contributed by atoms with Crippen molar-refractivity contribution in [3.63, 3.8) is 0 Å². The summed E-state index contributed by atoms with van der Waals surface area (Å²) in [4.78, 5) is 76.7. The summed E-state index contributed by atoms with van der Waals surface area (Å²) in [5, 5.41) is 14.8. The van der Waals surface area contributed by atoms with E-state index in [-0.39, 0.29) is 79.3 Å². The fraction of sp³-hybridized carbons (Fsp3) is 0.700. The summed E-state index contributed by atoms with van der Waals surface area (Å²) in [6, 6.07) is 0. The standard InChI is InChI=1S/C20H43N13O6/c1-2-31(3-19(38)29-13-32(5-15(34)25-9-21)6-16(35)26-10-22)4-20(39)30-14-33(7-17(36)27-11-23)8-18(37)28-12-24/h2-14,21-24H2,1H3,(H,25,34)(H,26,35)(H,27,36)(H,28,37)(H,29,38)(H,30,39). The van der Waals surface area contributed by atoms with Crippen molar-refractivity contribution >= 4 is 35.4 Å². The Hall–Kier alpha value is -3.46. The van der Waals surface area contributed by atoms with Crippen molar-refractivity contribution in [1.29, 1.82) is 0 Å². The molecule has 0 atom stereocenters. The van der Waals surface area contributed by atoms with Crippen LogP contribution in [0.25, 0.3) is 0 Å². The SMILES string of the molecule is CCN(CC(=O)NCN(CC(=O)NCN)CC(=O)NCN)CC(=O)NCN(CC(=O)NCN)CC(=O)NCN. The summed E-state index contributed by atoms with van der Waals surface area (Å²) in [5.41, 5.74) is 21.2. The molecule has 0 heterocycles. The summed E-state index contributed by atoms with van der Waals surface area (Å²) < 4.78 is 0. The molecule has 0 radical (unpaired) electrons. The highest BCUT2D eigenvalue weighted by atomic mass is 16.2. The highest BCUT2D eigenvalue weighted by molar-refractivity contribution is 5.83. The minimum atomic E-state index is -0.452. The molecule has 14 N–H and O–H groups in total. The number of rotatable bonds is 21. The molecule has 0 aromatic rings. The van der Waals surface area contributed by atoms with Crippen molar-refractivity contribution in [2.24, 2.45) is 22.9 Å². The van der Waals surface area contributed by atoms with Crippen LogP contribution in [0, 0.1) is 0 Å². The van der Waals surface area contributed by atoms with Crippen LogP contribution in [0.2, 0.25) is 0 Å². The fourth-order valence-corrected chi connectivity index (χ4v) is 3.02. The summed E-state index contributed by atoms with van der Waals surface area (Å²) >= 11 is 0. The first-order chi connectivity index (χ1) is 18.6. The number of hydrogen-bond donors (Lipinski definition) is 10. The highest BCUT2D eigenvalue weighted by Gasteiger charge is 2.19. The first kappa shape index (κ1) is 35.5. The second-order valence-electron chi connectivity index (χ2n) is 8.01. The quantitative estimate of drug-likeness (QED) is 0.0583. The molecule has 0 saturated heterocycles. The third-order valence-corrected chi connectivity index (χ3v) is 4.85. The van der Waals surface area contributed by atoms with Gasteiger partial charge in [0.05, 0.1) is 79.3 Å². The molecular formula is C20H43N13O6. The molecular weight excluding hydrogens is 518 g/mol. The van der Waals surface area contributed by atoms with E-state index in [1.807, 2.05) is 0 Å². The van der Waals surface area contributed by atoms with E-state index >= 15 is 0 Å². The maximum Gasteiger partial charge on any atom is 0.235 e. The van der Waals surface area contributed by atoms with Crippen LogP contribution in [-0.2, 0) is 28.8 Å². The first-order valence-corrected chi connectivity index (χ1v) is 12.2. The molecule has 0 spiro atoms. The molecule has 0 rings (SSSR count). The van der Waals surface area contributed by atoms with Gasteiger partial charge in [0.25, 0.3) is 0 Å². The van der Waals surface area contributed by atoms with Gasteiger partial charge < -0.3 is 54.8 Å². The topological polar surface area (TPSA) is 288 Å². The van der Waals surface area contributed by atoms with E-state index < -0.39 is 35.4 Å². The Labute approximate surface area is 227 Å². The minimum absolute atomic E-state index is 0.0822. The van der Waals surface area contributed by atoms with Crippen LogP contribution in [0.1, 0.15) is 6.92 Å². The van der Waals surface area contributed by atoms with E-state index in [0.29, 0.717) is 6.54 Å². The number of nitrogens with two attached hydrogens (primary N) is 4. The molecule has 0 bridgehead atoms. The smallest absolute Gasteiger partial charge is 0.235 e. The van der Waals surface area contributed by atoms with Gasteiger partial charge in [0.2, 0.25) is 35.4 Å². The number of nitrogens with zero attached hydrogens (tertiary/aromatic N) is 3. The monoisotopic (exact) mass is 561 g/mol. The van der Waals surface area contributed by atoms with Crippen molar-refractivity contribution in [3.05, 3.63) is 0 Å². The Morgan fingerprint density at radius 2 is 0.667 bits per heavy atom. The molecule has 6 amide bonds. The van der Waals surface area contributed by atoms with Crippen molar-refractivity contribution in [2.75, 3.05) is 85.8 Å². The molecule has 19 heteroatoms. The summed E-state index contributed by atoms with van der Waals surface area (Å²) in [6.45, 7) is 0.447. The van der Waals surface area contributed by atoms with Gasteiger partial charge in [-0.15, -0.1) is 0 Å². The molecule has 0 unspecified atom stereocenters. The van der Waals surface area contributed by atoms with Crippen LogP contribution < -0.4 is 54.8 Å². The van der Waals surface area contributed by atoms with Gasteiger partial charge in [-0.05, 0) is 6.54 Å². The van der Waals surface area contributed by atoms with E-state index in [1.54, 1.807) is 11.8 Å². The van der Waals surface area contributed by atoms with Crippen LogP contribution in [0.15, 0.2) is 0 Å². The van der Waals surface area contributed by atoms with Crippen LogP contribution >= 0.6 is 0 Å². The molecule has 0 aromatic heterocycles. The van der Waals surface area contributed by atoms with Gasteiger partial charge in [-0.1, -0.05) is 6.92 Å². The molecule has 19 nitrogen and oxygen atoms in total. The molecule has 39 heavy (non-hydrogen) atoms. The maximum absolute atomic E-state index is 12.5. The summed E-state index contributed by atoms with van der Waals surface area (Å²) in [7, 11) is 0.